The van der Waals surface area contributed by atoms with Crippen molar-refractivity contribution in [3.8, 4) is 0 Å². The number of aromatic nitrogens is 1. The number of nitrogens with zero attached hydrogens (tertiary/aromatic N) is 1. The lowest BCUT2D eigenvalue weighted by Crippen LogP contribution is -2.47. The first-order valence-corrected chi connectivity index (χ1v) is 10.3. The molecule has 1 rings (SSSR count). The summed E-state index contributed by atoms with van der Waals surface area (Å²) in [5.74, 6) is 0. The van der Waals surface area contributed by atoms with Crippen LogP contribution in [0.25, 0.3) is 0 Å². The van der Waals surface area contributed by atoms with E-state index in [9.17, 15) is 28.9 Å². The highest BCUT2D eigenvalue weighted by Gasteiger charge is 2.60. The van der Waals surface area contributed by atoms with Gasteiger partial charge in [0.15, 0.2) is 18.9 Å². The summed E-state index contributed by atoms with van der Waals surface area (Å²) in [5.41, 5.74) is 0.927. The van der Waals surface area contributed by atoms with Crippen molar-refractivity contribution in [2.24, 2.45) is 0 Å². The third-order valence-electron chi connectivity index (χ3n) is 3.26. The Hall–Kier alpha value is -0.550. The minimum Gasteiger partial charge on any atom is -0.365 e. The molecule has 0 radical (unpaired) electrons. The van der Waals surface area contributed by atoms with Crippen molar-refractivity contribution < 1.29 is 33.5 Å². The summed E-state index contributed by atoms with van der Waals surface area (Å²) in [7, 11) is -9.63. The largest absolute Gasteiger partial charge is 0.373 e. The van der Waals surface area contributed by atoms with Crippen LogP contribution in [0.2, 0.25) is 0 Å². The Balaban J connectivity index is 3.12. The van der Waals surface area contributed by atoms with E-state index in [1.807, 2.05) is 13.0 Å². The summed E-state index contributed by atoms with van der Waals surface area (Å²) >= 11 is 0. The second-order valence-corrected chi connectivity index (χ2v) is 9.86. The van der Waals surface area contributed by atoms with Crippen LogP contribution in [0.4, 0.5) is 0 Å². The smallest absolute Gasteiger partial charge is 0.365 e. The molecule has 0 spiro atoms. The molecule has 0 fully saturated rings. The highest BCUT2D eigenvalue weighted by Crippen LogP contribution is 2.67. The van der Waals surface area contributed by atoms with Crippen molar-refractivity contribution in [1.29, 1.82) is 0 Å². The zero-order chi connectivity index (χ0) is 16.3. The molecule has 2 atom stereocenters. The number of unbranched alkanes of at least 4 members (excludes halogenated alkanes) is 1. The quantitative estimate of drug-likeness (QED) is 0.436. The van der Waals surface area contributed by atoms with Crippen molar-refractivity contribution in [2.75, 3.05) is 6.66 Å². The molecular formula is C12H22NO6P2+. The Kier molecular flexibility index (Phi) is 5.90. The van der Waals surface area contributed by atoms with E-state index >= 15 is 0 Å². The van der Waals surface area contributed by atoms with Crippen molar-refractivity contribution in [3.05, 3.63) is 30.1 Å². The second kappa shape index (κ2) is 6.69. The molecule has 1 aromatic heterocycles. The Morgan fingerprint density at radius 3 is 2.38 bits per heavy atom. The van der Waals surface area contributed by atoms with Gasteiger partial charge < -0.3 is 19.8 Å². The normalized spacial score (nSPS) is 18.0. The highest BCUT2D eigenvalue weighted by atomic mass is 31.2. The minimum absolute atomic E-state index is 0.651. The van der Waals surface area contributed by atoms with Crippen LogP contribution in [0.5, 0.6) is 0 Å². The van der Waals surface area contributed by atoms with Crippen molar-refractivity contribution in [2.45, 2.75) is 37.8 Å². The zero-order valence-corrected chi connectivity index (χ0v) is 13.9. The third-order valence-corrected chi connectivity index (χ3v) is 7.70. The van der Waals surface area contributed by atoms with Crippen molar-refractivity contribution in [1.82, 2.24) is 0 Å². The number of aryl methyl sites for hydroxylation is 1. The Bertz CT molecular complexity index is 557. The van der Waals surface area contributed by atoms with Crippen LogP contribution in [0.3, 0.4) is 0 Å². The fourth-order valence-electron chi connectivity index (χ4n) is 1.91. The number of rotatable bonds is 7. The number of pyridine rings is 1. The summed E-state index contributed by atoms with van der Waals surface area (Å²) in [5, 5.41) is 7.12. The fraction of sp³-hybridized carbons (Fsp3) is 0.583. The summed E-state index contributed by atoms with van der Waals surface area (Å²) in [6.07, 6.45) is 5.85. The maximum Gasteiger partial charge on any atom is 0.373 e. The van der Waals surface area contributed by atoms with E-state index in [1.54, 1.807) is 12.3 Å². The van der Waals surface area contributed by atoms with Gasteiger partial charge in [-0.1, -0.05) is 13.3 Å². The van der Waals surface area contributed by atoms with E-state index in [0.29, 0.717) is 0 Å². The van der Waals surface area contributed by atoms with E-state index in [4.69, 9.17) is 0 Å². The molecule has 0 bridgehead atoms. The molecule has 1 aromatic rings. The predicted molar refractivity (Wildman–Crippen MR) is 78.0 cm³/mol. The molecule has 0 saturated carbocycles. The zero-order valence-electron chi connectivity index (χ0n) is 12.1. The van der Waals surface area contributed by atoms with E-state index in [0.717, 1.165) is 31.5 Å². The monoisotopic (exact) mass is 338 g/mol. The molecule has 21 heavy (non-hydrogen) atoms. The molecule has 0 aliphatic heterocycles. The Morgan fingerprint density at radius 1 is 1.29 bits per heavy atom. The molecule has 1 heterocycles. The molecule has 4 N–H and O–H groups in total. The molecule has 0 amide bonds. The fourth-order valence-corrected chi connectivity index (χ4v) is 4.62. The SMILES string of the molecule is CCCCc1ccc[n+](CC(O)(P(C)(=O)O)P(=O)(O)O)c1. The number of hydrogen-bond donors (Lipinski definition) is 4. The van der Waals surface area contributed by atoms with E-state index < -0.39 is 26.6 Å². The molecular weight excluding hydrogens is 316 g/mol. The molecule has 0 aliphatic carbocycles. The maximum atomic E-state index is 11.7. The highest BCUT2D eigenvalue weighted by molar-refractivity contribution is 7.74. The first kappa shape index (κ1) is 18.5. The molecule has 120 valence electrons. The van der Waals surface area contributed by atoms with Gasteiger partial charge in [-0.15, -0.1) is 0 Å². The van der Waals surface area contributed by atoms with Crippen LogP contribution in [0.15, 0.2) is 24.5 Å². The lowest BCUT2D eigenvalue weighted by atomic mass is 10.1. The summed E-state index contributed by atoms with van der Waals surface area (Å²) in [6.45, 7) is 2.14. The standard InChI is InChI=1S/C12H21NO6P2/c1-3-4-6-11-7-5-8-13(9-11)10-12(14,20(2,15)16)21(17,18)19/h5,7-9,14H,3-4,6,10H2,1-2H3,(H2-,15,16,17,18,19)/p+1. The minimum atomic E-state index is -5.19. The molecule has 2 unspecified atom stereocenters. The van der Waals surface area contributed by atoms with Crippen molar-refractivity contribution in [3.63, 3.8) is 0 Å². The van der Waals surface area contributed by atoms with Crippen LogP contribution < -0.4 is 4.57 Å². The lowest BCUT2D eigenvalue weighted by molar-refractivity contribution is -0.703. The van der Waals surface area contributed by atoms with Crippen LogP contribution in [-0.2, 0) is 22.1 Å². The van der Waals surface area contributed by atoms with Crippen LogP contribution in [-0.4, -0.2) is 31.5 Å². The molecule has 0 aromatic carbocycles. The van der Waals surface area contributed by atoms with E-state index in [1.165, 1.54) is 10.8 Å². The van der Waals surface area contributed by atoms with Gasteiger partial charge >= 0.3 is 12.7 Å². The van der Waals surface area contributed by atoms with Gasteiger partial charge in [-0.05, 0) is 18.9 Å². The number of aliphatic hydroxyl groups is 1. The van der Waals surface area contributed by atoms with E-state index in [-0.39, 0.29) is 0 Å². The van der Waals surface area contributed by atoms with Crippen LogP contribution in [0, 0.1) is 0 Å². The molecule has 0 aliphatic rings. The summed E-state index contributed by atoms with van der Waals surface area (Å²) < 4.78 is 24.5. The topological polar surface area (TPSA) is 119 Å². The van der Waals surface area contributed by atoms with Gasteiger partial charge in [-0.3, -0.25) is 9.13 Å². The van der Waals surface area contributed by atoms with Gasteiger partial charge in [0.25, 0.3) is 0 Å². The maximum absolute atomic E-state index is 11.7. The van der Waals surface area contributed by atoms with Gasteiger partial charge in [0, 0.05) is 18.3 Å². The molecule has 7 nitrogen and oxygen atoms in total. The summed E-state index contributed by atoms with van der Waals surface area (Å²) in [4.78, 5) is 28.1. The Labute approximate surface area is 123 Å². The first-order valence-electron chi connectivity index (χ1n) is 6.57. The lowest BCUT2D eigenvalue weighted by Gasteiger charge is -2.27. The molecule has 0 saturated heterocycles. The first-order chi connectivity index (χ1) is 9.51. The average Bonchev–Trinajstić information content (AvgIpc) is 2.34. The van der Waals surface area contributed by atoms with Crippen LogP contribution in [0.1, 0.15) is 25.3 Å². The van der Waals surface area contributed by atoms with Gasteiger partial charge in [0.1, 0.15) is 0 Å². The molecule has 9 heteroatoms. The van der Waals surface area contributed by atoms with Gasteiger partial charge in [0.05, 0.1) is 0 Å². The van der Waals surface area contributed by atoms with E-state index in [2.05, 4.69) is 0 Å². The second-order valence-electron chi connectivity index (χ2n) is 5.19. The predicted octanol–water partition coefficient (Wildman–Crippen LogP) is 1.04. The van der Waals surface area contributed by atoms with Crippen molar-refractivity contribution >= 4 is 15.0 Å². The van der Waals surface area contributed by atoms with Gasteiger partial charge in [0.2, 0.25) is 7.37 Å². The number of hydrogen-bond acceptors (Lipinski definition) is 3. The average molecular weight is 338 g/mol. The van der Waals surface area contributed by atoms with Crippen LogP contribution >= 0.6 is 15.0 Å². The summed E-state index contributed by atoms with van der Waals surface area (Å²) in [6, 6.07) is 3.52. The Morgan fingerprint density at radius 2 is 1.90 bits per heavy atom. The van der Waals surface area contributed by atoms with Gasteiger partial charge in [-0.2, -0.15) is 0 Å². The van der Waals surface area contributed by atoms with Gasteiger partial charge in [-0.25, -0.2) is 4.57 Å². The third kappa shape index (κ3) is 4.46.